The van der Waals surface area contributed by atoms with Gasteiger partial charge in [-0.3, -0.25) is 0 Å². The summed E-state index contributed by atoms with van der Waals surface area (Å²) in [6.07, 6.45) is 5.64. The number of nitrogens with two attached hydrogens (primary N) is 1. The van der Waals surface area contributed by atoms with Gasteiger partial charge in [0.05, 0.1) is 0 Å². The van der Waals surface area contributed by atoms with E-state index in [1.165, 1.54) is 6.42 Å². The molecular weight excluding hydrogens is 202 g/mol. The lowest BCUT2D eigenvalue weighted by molar-refractivity contribution is 0.193. The third-order valence-electron chi connectivity index (χ3n) is 3.20. The fourth-order valence-electron chi connectivity index (χ4n) is 2.09. The number of hydrogen-bond donors (Lipinski definition) is 2. The molecule has 94 valence electrons. The van der Waals surface area contributed by atoms with Crippen molar-refractivity contribution in [1.82, 2.24) is 10.2 Å². The van der Waals surface area contributed by atoms with E-state index < -0.39 is 0 Å². The van der Waals surface area contributed by atoms with Crippen molar-refractivity contribution in [3.05, 3.63) is 0 Å². The normalized spacial score (nSPS) is 21.6. The third kappa shape index (κ3) is 4.39. The fourth-order valence-corrected chi connectivity index (χ4v) is 2.09. The summed E-state index contributed by atoms with van der Waals surface area (Å²) >= 11 is 0. The molecule has 0 aromatic heterocycles. The number of urea groups is 1. The zero-order chi connectivity index (χ0) is 11.8. The molecule has 1 aliphatic rings. The Morgan fingerprint density at radius 2 is 2.31 bits per heavy atom. The summed E-state index contributed by atoms with van der Waals surface area (Å²) in [6.45, 7) is 5.32. The van der Waals surface area contributed by atoms with E-state index in [1.54, 1.807) is 0 Å². The lowest BCUT2D eigenvalue weighted by Crippen LogP contribution is -2.43. The summed E-state index contributed by atoms with van der Waals surface area (Å²) in [5.74, 6) is 0.486. The highest BCUT2D eigenvalue weighted by Crippen LogP contribution is 2.15. The van der Waals surface area contributed by atoms with Gasteiger partial charge in [0.1, 0.15) is 0 Å². The largest absolute Gasteiger partial charge is 0.338 e. The van der Waals surface area contributed by atoms with Crippen LogP contribution in [0.1, 0.15) is 39.0 Å². The van der Waals surface area contributed by atoms with Crippen LogP contribution in [0.3, 0.4) is 0 Å². The molecule has 4 nitrogen and oxygen atoms in total. The molecule has 4 heteroatoms. The highest BCUT2D eigenvalue weighted by atomic mass is 16.2. The minimum atomic E-state index is 0.0915. The molecule has 1 saturated heterocycles. The van der Waals surface area contributed by atoms with Crippen LogP contribution in [0.25, 0.3) is 0 Å². The molecule has 0 aromatic rings. The Morgan fingerprint density at radius 1 is 1.50 bits per heavy atom. The number of amides is 2. The third-order valence-corrected chi connectivity index (χ3v) is 3.20. The first-order valence-electron chi connectivity index (χ1n) is 6.50. The number of nitrogens with zero attached hydrogens (tertiary/aromatic N) is 1. The van der Waals surface area contributed by atoms with E-state index in [4.69, 9.17) is 5.73 Å². The van der Waals surface area contributed by atoms with E-state index >= 15 is 0 Å². The Balaban J connectivity index is 2.34. The van der Waals surface area contributed by atoms with Crippen LogP contribution < -0.4 is 11.1 Å². The number of nitrogens with one attached hydrogen (secondary N) is 1. The Hall–Kier alpha value is -0.770. The first kappa shape index (κ1) is 13.3. The van der Waals surface area contributed by atoms with E-state index in [0.29, 0.717) is 12.5 Å². The van der Waals surface area contributed by atoms with Crippen molar-refractivity contribution >= 4 is 6.03 Å². The molecule has 1 atom stereocenters. The van der Waals surface area contributed by atoms with E-state index in [2.05, 4.69) is 12.2 Å². The van der Waals surface area contributed by atoms with Gasteiger partial charge < -0.3 is 16.0 Å². The summed E-state index contributed by atoms with van der Waals surface area (Å²) < 4.78 is 0. The molecule has 0 spiro atoms. The first-order valence-corrected chi connectivity index (χ1v) is 6.50. The maximum absolute atomic E-state index is 11.9. The molecule has 0 aromatic carbocycles. The van der Waals surface area contributed by atoms with Crippen LogP contribution in [-0.2, 0) is 0 Å². The Kier molecular flexibility index (Phi) is 6.23. The molecule has 16 heavy (non-hydrogen) atoms. The zero-order valence-corrected chi connectivity index (χ0v) is 10.4. The second-order valence-corrected chi connectivity index (χ2v) is 4.63. The highest BCUT2D eigenvalue weighted by Gasteiger charge is 2.20. The predicted octanol–water partition coefficient (Wildman–Crippen LogP) is 1.56. The lowest BCUT2D eigenvalue weighted by atomic mass is 10.0. The predicted molar refractivity (Wildman–Crippen MR) is 66.3 cm³/mol. The van der Waals surface area contributed by atoms with Crippen LogP contribution in [0.4, 0.5) is 4.79 Å². The summed E-state index contributed by atoms with van der Waals surface area (Å²) in [4.78, 5) is 13.8. The molecule has 3 N–H and O–H groups in total. The molecule has 0 bridgehead atoms. The average molecular weight is 227 g/mol. The van der Waals surface area contributed by atoms with Crippen molar-refractivity contribution in [2.75, 3.05) is 26.2 Å². The van der Waals surface area contributed by atoms with Gasteiger partial charge in [0, 0.05) is 19.6 Å². The van der Waals surface area contributed by atoms with Crippen LogP contribution in [-0.4, -0.2) is 37.1 Å². The first-order chi connectivity index (χ1) is 7.77. The molecule has 1 fully saturated rings. The van der Waals surface area contributed by atoms with E-state index in [9.17, 15) is 4.79 Å². The van der Waals surface area contributed by atoms with Crippen LogP contribution >= 0.6 is 0 Å². The van der Waals surface area contributed by atoms with Gasteiger partial charge in [0.25, 0.3) is 0 Å². The van der Waals surface area contributed by atoms with Gasteiger partial charge in [-0.25, -0.2) is 4.79 Å². The van der Waals surface area contributed by atoms with Gasteiger partial charge in [0.2, 0.25) is 0 Å². The number of carbonyl (C=O) groups excluding carboxylic acids is 1. The smallest absolute Gasteiger partial charge is 0.317 e. The lowest BCUT2D eigenvalue weighted by Gasteiger charge is -2.24. The van der Waals surface area contributed by atoms with E-state index in [-0.39, 0.29) is 6.03 Å². The number of carbonyl (C=O) groups is 1. The van der Waals surface area contributed by atoms with Gasteiger partial charge in [-0.2, -0.15) is 0 Å². The molecule has 1 aliphatic heterocycles. The number of likely N-dealkylation sites (tertiary alicyclic amines) is 1. The van der Waals surface area contributed by atoms with Gasteiger partial charge in [-0.15, -0.1) is 0 Å². The van der Waals surface area contributed by atoms with Crippen molar-refractivity contribution in [3.63, 3.8) is 0 Å². The zero-order valence-electron chi connectivity index (χ0n) is 10.4. The second kappa shape index (κ2) is 7.49. The van der Waals surface area contributed by atoms with Crippen LogP contribution in [0, 0.1) is 5.92 Å². The Labute approximate surface area is 98.6 Å². The summed E-state index contributed by atoms with van der Waals surface area (Å²) in [5.41, 5.74) is 5.70. The van der Waals surface area contributed by atoms with Crippen LogP contribution in [0.15, 0.2) is 0 Å². The minimum Gasteiger partial charge on any atom is -0.338 e. The standard InChI is InChI=1S/C12H25N3O/c1-2-3-7-14-12(16)15-8-5-4-6-11(9-13)10-15/h11H,2-10,13H2,1H3,(H,14,16). The van der Waals surface area contributed by atoms with Crippen molar-refractivity contribution in [1.29, 1.82) is 0 Å². The average Bonchev–Trinajstić information content (AvgIpc) is 2.54. The minimum absolute atomic E-state index is 0.0915. The molecule has 1 unspecified atom stereocenters. The molecule has 0 radical (unpaired) electrons. The Morgan fingerprint density at radius 3 is 3.00 bits per heavy atom. The van der Waals surface area contributed by atoms with Crippen molar-refractivity contribution in [2.24, 2.45) is 11.7 Å². The quantitative estimate of drug-likeness (QED) is 0.716. The van der Waals surface area contributed by atoms with Gasteiger partial charge in [0.15, 0.2) is 0 Å². The SMILES string of the molecule is CCCCNC(=O)N1CCCCC(CN)C1. The topological polar surface area (TPSA) is 58.4 Å². The molecule has 1 rings (SSSR count). The van der Waals surface area contributed by atoms with Crippen LogP contribution in [0.5, 0.6) is 0 Å². The molecule has 0 aliphatic carbocycles. The van der Waals surface area contributed by atoms with Gasteiger partial charge in [-0.05, 0) is 31.7 Å². The number of hydrogen-bond acceptors (Lipinski definition) is 2. The summed E-state index contributed by atoms with van der Waals surface area (Å²) in [5, 5.41) is 2.97. The highest BCUT2D eigenvalue weighted by molar-refractivity contribution is 5.74. The fraction of sp³-hybridized carbons (Fsp3) is 0.917. The van der Waals surface area contributed by atoms with Crippen molar-refractivity contribution in [2.45, 2.75) is 39.0 Å². The second-order valence-electron chi connectivity index (χ2n) is 4.63. The maximum atomic E-state index is 11.9. The van der Waals surface area contributed by atoms with E-state index in [1.807, 2.05) is 4.90 Å². The van der Waals surface area contributed by atoms with Crippen LogP contribution in [0.2, 0.25) is 0 Å². The molecule has 1 heterocycles. The van der Waals surface area contributed by atoms with E-state index in [0.717, 1.165) is 45.3 Å². The molecule has 0 saturated carbocycles. The molecular formula is C12H25N3O. The Bertz CT molecular complexity index is 208. The summed E-state index contributed by atoms with van der Waals surface area (Å²) in [6, 6.07) is 0.0915. The van der Waals surface area contributed by atoms with Gasteiger partial charge in [-0.1, -0.05) is 19.8 Å². The number of rotatable bonds is 4. The van der Waals surface area contributed by atoms with Crippen molar-refractivity contribution < 1.29 is 4.79 Å². The monoisotopic (exact) mass is 227 g/mol. The maximum Gasteiger partial charge on any atom is 0.317 e. The van der Waals surface area contributed by atoms with Gasteiger partial charge >= 0.3 is 6.03 Å². The summed E-state index contributed by atoms with van der Waals surface area (Å²) in [7, 11) is 0. The van der Waals surface area contributed by atoms with Crippen molar-refractivity contribution in [3.8, 4) is 0 Å². The molecule has 2 amide bonds. The number of unbranched alkanes of at least 4 members (excludes halogenated alkanes) is 1.